The SMILES string of the molecule is C=C[C@@]1(C)C[C@H]2c3ccccc3C(=O)N2c2ccccc21. The van der Waals surface area contributed by atoms with E-state index in [2.05, 4.69) is 25.6 Å². The fraction of sp³-hybridized carbons (Fsp3) is 0.211. The lowest BCUT2D eigenvalue weighted by Gasteiger charge is -2.42. The van der Waals surface area contributed by atoms with Crippen LogP contribution in [0.3, 0.4) is 0 Å². The molecule has 0 fully saturated rings. The fourth-order valence-corrected chi connectivity index (χ4v) is 3.74. The number of rotatable bonds is 1. The minimum Gasteiger partial charge on any atom is -0.300 e. The van der Waals surface area contributed by atoms with Crippen LogP contribution in [0.1, 0.15) is 40.9 Å². The van der Waals surface area contributed by atoms with Crippen molar-refractivity contribution in [2.75, 3.05) is 4.90 Å². The van der Waals surface area contributed by atoms with Gasteiger partial charge < -0.3 is 4.90 Å². The van der Waals surface area contributed by atoms with Crippen molar-refractivity contribution in [3.63, 3.8) is 0 Å². The normalized spacial score (nSPS) is 26.0. The number of carbonyl (C=O) groups excluding carboxylic acids is 1. The molecular formula is C19H17NO. The van der Waals surface area contributed by atoms with Crippen LogP contribution < -0.4 is 4.90 Å². The van der Waals surface area contributed by atoms with Crippen LogP contribution in [0, 0.1) is 0 Å². The topological polar surface area (TPSA) is 20.3 Å². The molecule has 0 radical (unpaired) electrons. The zero-order valence-electron chi connectivity index (χ0n) is 12.0. The van der Waals surface area contributed by atoms with Crippen LogP contribution in [-0.4, -0.2) is 5.91 Å². The molecule has 2 aliphatic rings. The Morgan fingerprint density at radius 2 is 1.90 bits per heavy atom. The first-order valence-corrected chi connectivity index (χ1v) is 7.31. The average molecular weight is 275 g/mol. The third kappa shape index (κ3) is 1.50. The van der Waals surface area contributed by atoms with Crippen LogP contribution >= 0.6 is 0 Å². The first-order chi connectivity index (χ1) is 10.2. The Kier molecular flexibility index (Phi) is 2.41. The molecule has 2 heterocycles. The summed E-state index contributed by atoms with van der Waals surface area (Å²) >= 11 is 0. The van der Waals surface area contributed by atoms with Crippen molar-refractivity contribution in [2.24, 2.45) is 0 Å². The first kappa shape index (κ1) is 12.4. The molecule has 0 saturated heterocycles. The van der Waals surface area contributed by atoms with Gasteiger partial charge in [0.2, 0.25) is 0 Å². The number of para-hydroxylation sites is 1. The summed E-state index contributed by atoms with van der Waals surface area (Å²) in [6, 6.07) is 16.3. The Hall–Kier alpha value is -2.35. The largest absolute Gasteiger partial charge is 0.300 e. The third-order valence-electron chi connectivity index (χ3n) is 4.93. The van der Waals surface area contributed by atoms with E-state index in [4.69, 9.17) is 0 Å². The van der Waals surface area contributed by atoms with Crippen molar-refractivity contribution in [3.05, 3.63) is 77.9 Å². The van der Waals surface area contributed by atoms with Crippen molar-refractivity contribution >= 4 is 11.6 Å². The van der Waals surface area contributed by atoms with Crippen molar-refractivity contribution in [1.82, 2.24) is 0 Å². The fourth-order valence-electron chi connectivity index (χ4n) is 3.74. The van der Waals surface area contributed by atoms with Gasteiger partial charge in [0.25, 0.3) is 5.91 Å². The van der Waals surface area contributed by atoms with Gasteiger partial charge in [-0.05, 0) is 29.7 Å². The minimum atomic E-state index is -0.102. The van der Waals surface area contributed by atoms with Gasteiger partial charge in [-0.25, -0.2) is 0 Å². The summed E-state index contributed by atoms with van der Waals surface area (Å²) in [6.45, 7) is 6.25. The number of benzene rings is 2. The molecule has 0 aromatic heterocycles. The molecule has 0 N–H and O–H groups in total. The molecule has 21 heavy (non-hydrogen) atoms. The van der Waals surface area contributed by atoms with Gasteiger partial charge in [0.05, 0.1) is 6.04 Å². The van der Waals surface area contributed by atoms with E-state index in [1.807, 2.05) is 47.4 Å². The Bertz CT molecular complexity index is 764. The van der Waals surface area contributed by atoms with Gasteiger partial charge in [0.1, 0.15) is 0 Å². The Labute approximate surface area is 124 Å². The molecular weight excluding hydrogens is 258 g/mol. The number of anilines is 1. The highest BCUT2D eigenvalue weighted by atomic mass is 16.2. The number of amides is 1. The summed E-state index contributed by atoms with van der Waals surface area (Å²) < 4.78 is 0. The molecule has 2 aromatic rings. The maximum absolute atomic E-state index is 12.8. The smallest absolute Gasteiger partial charge is 0.259 e. The highest BCUT2D eigenvalue weighted by molar-refractivity contribution is 6.12. The Morgan fingerprint density at radius 3 is 2.71 bits per heavy atom. The van der Waals surface area contributed by atoms with E-state index in [1.54, 1.807) is 0 Å². The van der Waals surface area contributed by atoms with Gasteiger partial charge in [0, 0.05) is 16.7 Å². The summed E-state index contributed by atoms with van der Waals surface area (Å²) in [6.07, 6.45) is 2.91. The van der Waals surface area contributed by atoms with E-state index < -0.39 is 0 Å². The number of allylic oxidation sites excluding steroid dienone is 1. The zero-order chi connectivity index (χ0) is 14.6. The first-order valence-electron chi connectivity index (χ1n) is 7.31. The minimum absolute atomic E-state index is 0.102. The second-order valence-corrected chi connectivity index (χ2v) is 6.12. The molecule has 2 aromatic carbocycles. The maximum atomic E-state index is 12.8. The predicted octanol–water partition coefficient (Wildman–Crippen LogP) is 4.24. The highest BCUT2D eigenvalue weighted by Gasteiger charge is 2.46. The van der Waals surface area contributed by atoms with Gasteiger partial charge in [0.15, 0.2) is 0 Å². The zero-order valence-corrected chi connectivity index (χ0v) is 12.0. The van der Waals surface area contributed by atoms with Gasteiger partial charge in [-0.2, -0.15) is 0 Å². The van der Waals surface area contributed by atoms with Crippen molar-refractivity contribution in [1.29, 1.82) is 0 Å². The molecule has 4 rings (SSSR count). The second kappa shape index (κ2) is 4.08. The monoisotopic (exact) mass is 275 g/mol. The van der Waals surface area contributed by atoms with Crippen LogP contribution in [0.5, 0.6) is 0 Å². The van der Waals surface area contributed by atoms with Gasteiger partial charge in [-0.3, -0.25) is 4.79 Å². The predicted molar refractivity (Wildman–Crippen MR) is 84.6 cm³/mol. The number of hydrogen-bond donors (Lipinski definition) is 0. The van der Waals surface area contributed by atoms with Crippen LogP contribution in [0.2, 0.25) is 0 Å². The van der Waals surface area contributed by atoms with E-state index in [9.17, 15) is 4.79 Å². The molecule has 0 unspecified atom stereocenters. The second-order valence-electron chi connectivity index (χ2n) is 6.12. The molecule has 104 valence electrons. The summed E-state index contributed by atoms with van der Waals surface area (Å²) in [5, 5.41) is 0. The maximum Gasteiger partial charge on any atom is 0.259 e. The quantitative estimate of drug-likeness (QED) is 0.713. The average Bonchev–Trinajstić information content (AvgIpc) is 2.81. The lowest BCUT2D eigenvalue weighted by molar-refractivity contribution is 0.0986. The van der Waals surface area contributed by atoms with Crippen molar-refractivity contribution in [3.8, 4) is 0 Å². The van der Waals surface area contributed by atoms with E-state index >= 15 is 0 Å². The van der Waals surface area contributed by atoms with Crippen LogP contribution in [0.25, 0.3) is 0 Å². The molecule has 2 heteroatoms. The van der Waals surface area contributed by atoms with E-state index in [0.29, 0.717) is 0 Å². The van der Waals surface area contributed by atoms with Gasteiger partial charge >= 0.3 is 0 Å². The molecule has 0 saturated carbocycles. The van der Waals surface area contributed by atoms with Gasteiger partial charge in [-0.15, -0.1) is 6.58 Å². The van der Waals surface area contributed by atoms with Crippen LogP contribution in [0.15, 0.2) is 61.2 Å². The number of nitrogens with zero attached hydrogens (tertiary/aromatic N) is 1. The lowest BCUT2D eigenvalue weighted by Crippen LogP contribution is -2.39. The number of carbonyl (C=O) groups is 1. The molecule has 2 aliphatic heterocycles. The summed E-state index contributed by atoms with van der Waals surface area (Å²) in [5.41, 5.74) is 4.10. The molecule has 0 bridgehead atoms. The standard InChI is InChI=1S/C19H17NO/c1-3-19(2)12-17-13-8-4-5-9-14(13)18(21)20(17)16-11-7-6-10-15(16)19/h3-11,17H,1,12H2,2H3/t17-,19-/m0/s1. The van der Waals surface area contributed by atoms with Crippen molar-refractivity contribution in [2.45, 2.75) is 24.8 Å². The summed E-state index contributed by atoms with van der Waals surface area (Å²) in [4.78, 5) is 14.8. The van der Waals surface area contributed by atoms with E-state index in [0.717, 1.165) is 23.2 Å². The number of hydrogen-bond acceptors (Lipinski definition) is 1. The van der Waals surface area contributed by atoms with Crippen molar-refractivity contribution < 1.29 is 4.79 Å². The van der Waals surface area contributed by atoms with Crippen LogP contribution in [-0.2, 0) is 5.41 Å². The molecule has 0 aliphatic carbocycles. The van der Waals surface area contributed by atoms with Gasteiger partial charge in [-0.1, -0.05) is 49.4 Å². The Morgan fingerprint density at radius 1 is 1.19 bits per heavy atom. The molecule has 2 nitrogen and oxygen atoms in total. The molecule has 0 spiro atoms. The molecule has 2 atom stereocenters. The van der Waals surface area contributed by atoms with Crippen LogP contribution in [0.4, 0.5) is 5.69 Å². The highest BCUT2D eigenvalue weighted by Crippen LogP contribution is 2.52. The lowest BCUT2D eigenvalue weighted by atomic mass is 9.72. The Balaban J connectivity index is 1.99. The number of fused-ring (bicyclic) bond motifs is 5. The van der Waals surface area contributed by atoms with E-state index in [1.165, 1.54) is 5.56 Å². The summed E-state index contributed by atoms with van der Waals surface area (Å²) in [5.74, 6) is 0.120. The molecule has 1 amide bonds. The summed E-state index contributed by atoms with van der Waals surface area (Å²) in [7, 11) is 0. The third-order valence-corrected chi connectivity index (χ3v) is 4.93. The van der Waals surface area contributed by atoms with E-state index in [-0.39, 0.29) is 17.4 Å².